The van der Waals surface area contributed by atoms with Crippen molar-refractivity contribution in [3.05, 3.63) is 73.2 Å². The van der Waals surface area contributed by atoms with Crippen LogP contribution < -0.4 is 4.72 Å². The molecule has 0 spiro atoms. The highest BCUT2D eigenvalue weighted by molar-refractivity contribution is 7.92. The lowest BCUT2D eigenvalue weighted by molar-refractivity contribution is 0.600. The number of tetrazole rings is 1. The first-order valence-electron chi connectivity index (χ1n) is 7.59. The predicted molar refractivity (Wildman–Crippen MR) is 93.5 cm³/mol. The lowest BCUT2D eigenvalue weighted by Crippen LogP contribution is -2.16. The summed E-state index contributed by atoms with van der Waals surface area (Å²) in [6.07, 6.45) is 2.96. The third-order valence-electron chi connectivity index (χ3n) is 3.64. The van der Waals surface area contributed by atoms with Crippen LogP contribution in [-0.4, -0.2) is 38.4 Å². The number of hydrogen-bond acceptors (Lipinski definition) is 6. The van der Waals surface area contributed by atoms with E-state index in [0.717, 1.165) is 5.69 Å². The smallest absolute Gasteiger partial charge is 0.263 e. The Bertz CT molecular complexity index is 1110. The van der Waals surface area contributed by atoms with Crippen molar-refractivity contribution in [1.29, 1.82) is 0 Å². The molecule has 26 heavy (non-hydrogen) atoms. The maximum absolute atomic E-state index is 12.7. The molecule has 4 aromatic rings. The van der Waals surface area contributed by atoms with Gasteiger partial charge in [-0.3, -0.25) is 4.72 Å². The molecule has 2 heterocycles. The number of benzene rings is 2. The van der Waals surface area contributed by atoms with Crippen molar-refractivity contribution in [1.82, 2.24) is 30.0 Å². The zero-order valence-electron chi connectivity index (χ0n) is 13.3. The third kappa shape index (κ3) is 3.05. The molecule has 0 radical (unpaired) electrons. The number of para-hydroxylation sites is 1. The molecule has 2 aromatic carbocycles. The first-order chi connectivity index (χ1) is 12.6. The van der Waals surface area contributed by atoms with Gasteiger partial charge < -0.3 is 0 Å². The second-order valence-corrected chi connectivity index (χ2v) is 7.00. The van der Waals surface area contributed by atoms with Gasteiger partial charge in [-0.2, -0.15) is 5.10 Å². The molecular formula is C16H13N7O2S. The first kappa shape index (κ1) is 16.0. The van der Waals surface area contributed by atoms with Gasteiger partial charge in [0.1, 0.15) is 12.1 Å². The van der Waals surface area contributed by atoms with E-state index in [1.165, 1.54) is 34.0 Å². The zero-order valence-corrected chi connectivity index (χ0v) is 14.2. The fourth-order valence-electron chi connectivity index (χ4n) is 2.41. The van der Waals surface area contributed by atoms with Gasteiger partial charge in [0.2, 0.25) is 0 Å². The Labute approximate surface area is 149 Å². The molecule has 0 fully saturated rings. The van der Waals surface area contributed by atoms with Crippen LogP contribution in [0.25, 0.3) is 11.4 Å². The Balaban J connectivity index is 1.62. The van der Waals surface area contributed by atoms with Gasteiger partial charge in [-0.1, -0.05) is 18.2 Å². The predicted octanol–water partition coefficient (Wildman–Crippen LogP) is 1.65. The molecule has 0 atom stereocenters. The molecule has 0 unspecified atom stereocenters. The normalized spacial score (nSPS) is 11.4. The highest BCUT2D eigenvalue weighted by Gasteiger charge is 2.17. The molecule has 4 rings (SSSR count). The summed E-state index contributed by atoms with van der Waals surface area (Å²) >= 11 is 0. The van der Waals surface area contributed by atoms with Gasteiger partial charge >= 0.3 is 0 Å². The Hall–Kier alpha value is -3.53. The standard InChI is InChI=1S/C16H13N7O2S/c24-26(25,15-8-6-13(7-9-15)22-12-17-20-21-22)19-16-10-11-18-23(16)14-4-2-1-3-5-14/h1-12,19H. The monoisotopic (exact) mass is 367 g/mol. The Morgan fingerprint density at radius 1 is 0.885 bits per heavy atom. The molecule has 0 bridgehead atoms. The fourth-order valence-corrected chi connectivity index (χ4v) is 3.45. The zero-order chi connectivity index (χ0) is 18.0. The summed E-state index contributed by atoms with van der Waals surface area (Å²) in [6, 6.07) is 17.1. The van der Waals surface area contributed by atoms with Gasteiger partial charge in [0.15, 0.2) is 0 Å². The molecule has 130 valence electrons. The average Bonchev–Trinajstić information content (AvgIpc) is 3.34. The SMILES string of the molecule is O=S(=O)(Nc1ccnn1-c1ccccc1)c1ccc(-n2cnnn2)cc1. The first-order valence-corrected chi connectivity index (χ1v) is 9.07. The van der Waals surface area contributed by atoms with Crippen molar-refractivity contribution in [3.63, 3.8) is 0 Å². The summed E-state index contributed by atoms with van der Waals surface area (Å²) in [5.74, 6) is 0.348. The number of sulfonamides is 1. The summed E-state index contributed by atoms with van der Waals surface area (Å²) in [6.45, 7) is 0. The average molecular weight is 367 g/mol. The molecular weight excluding hydrogens is 354 g/mol. The van der Waals surface area contributed by atoms with Gasteiger partial charge in [0.25, 0.3) is 10.0 Å². The molecule has 0 amide bonds. The van der Waals surface area contributed by atoms with Crippen molar-refractivity contribution in [3.8, 4) is 11.4 Å². The van der Waals surface area contributed by atoms with E-state index >= 15 is 0 Å². The van der Waals surface area contributed by atoms with Gasteiger partial charge in [0, 0.05) is 6.07 Å². The Morgan fingerprint density at radius 2 is 1.65 bits per heavy atom. The van der Waals surface area contributed by atoms with Crippen LogP contribution >= 0.6 is 0 Å². The maximum Gasteiger partial charge on any atom is 0.263 e. The Morgan fingerprint density at radius 3 is 2.35 bits per heavy atom. The summed E-state index contributed by atoms with van der Waals surface area (Å²) in [5, 5.41) is 15.0. The fraction of sp³-hybridized carbons (Fsp3) is 0. The second-order valence-electron chi connectivity index (χ2n) is 5.32. The minimum absolute atomic E-state index is 0.120. The molecule has 10 heteroatoms. The molecule has 1 N–H and O–H groups in total. The molecule has 0 aliphatic heterocycles. The second kappa shape index (κ2) is 6.41. The van der Waals surface area contributed by atoms with E-state index < -0.39 is 10.0 Å². The van der Waals surface area contributed by atoms with E-state index in [9.17, 15) is 8.42 Å². The van der Waals surface area contributed by atoms with Crippen LogP contribution in [0, 0.1) is 0 Å². The van der Waals surface area contributed by atoms with Crippen LogP contribution in [0.15, 0.2) is 78.1 Å². The van der Waals surface area contributed by atoms with Gasteiger partial charge in [-0.15, -0.1) is 5.10 Å². The van der Waals surface area contributed by atoms with E-state index in [1.807, 2.05) is 30.3 Å². The lowest BCUT2D eigenvalue weighted by atomic mass is 10.3. The molecule has 0 aliphatic carbocycles. The van der Waals surface area contributed by atoms with E-state index in [0.29, 0.717) is 11.5 Å². The van der Waals surface area contributed by atoms with Crippen LogP contribution in [0.1, 0.15) is 0 Å². The van der Waals surface area contributed by atoms with E-state index in [-0.39, 0.29) is 4.90 Å². The number of nitrogens with zero attached hydrogens (tertiary/aromatic N) is 6. The van der Waals surface area contributed by atoms with Gasteiger partial charge in [0.05, 0.1) is 22.5 Å². The minimum atomic E-state index is -3.77. The largest absolute Gasteiger partial charge is 0.263 e. The summed E-state index contributed by atoms with van der Waals surface area (Å²) in [4.78, 5) is 0.120. The highest BCUT2D eigenvalue weighted by atomic mass is 32.2. The Kier molecular flexibility index (Phi) is 3.93. The quantitative estimate of drug-likeness (QED) is 0.575. The molecule has 0 saturated heterocycles. The molecule has 2 aromatic heterocycles. The molecule has 9 nitrogen and oxygen atoms in total. The van der Waals surface area contributed by atoms with Gasteiger partial charge in [-0.05, 0) is 46.8 Å². The van der Waals surface area contributed by atoms with Crippen molar-refractivity contribution in [2.75, 3.05) is 4.72 Å². The van der Waals surface area contributed by atoms with Gasteiger partial charge in [-0.25, -0.2) is 17.8 Å². The molecule has 0 aliphatic rings. The number of nitrogens with one attached hydrogen (secondary N) is 1. The number of rotatable bonds is 5. The van der Waals surface area contributed by atoms with Crippen LogP contribution in [0.3, 0.4) is 0 Å². The van der Waals surface area contributed by atoms with Crippen molar-refractivity contribution in [2.24, 2.45) is 0 Å². The van der Waals surface area contributed by atoms with Crippen molar-refractivity contribution < 1.29 is 8.42 Å². The van der Waals surface area contributed by atoms with Crippen LogP contribution in [0.5, 0.6) is 0 Å². The number of anilines is 1. The summed E-state index contributed by atoms with van der Waals surface area (Å²) in [7, 11) is -3.77. The lowest BCUT2D eigenvalue weighted by Gasteiger charge is -2.11. The minimum Gasteiger partial charge on any atom is -0.263 e. The van der Waals surface area contributed by atoms with E-state index in [1.54, 1.807) is 18.2 Å². The summed E-state index contributed by atoms with van der Waals surface area (Å²) < 4.78 is 30.9. The van der Waals surface area contributed by atoms with E-state index in [4.69, 9.17) is 0 Å². The van der Waals surface area contributed by atoms with Crippen molar-refractivity contribution in [2.45, 2.75) is 4.90 Å². The topological polar surface area (TPSA) is 108 Å². The number of aromatic nitrogens is 6. The third-order valence-corrected chi connectivity index (χ3v) is 5.01. The van der Waals surface area contributed by atoms with Crippen molar-refractivity contribution >= 4 is 15.8 Å². The number of hydrogen-bond donors (Lipinski definition) is 1. The summed E-state index contributed by atoms with van der Waals surface area (Å²) in [5.41, 5.74) is 1.41. The van der Waals surface area contributed by atoms with Crippen LogP contribution in [0.2, 0.25) is 0 Å². The van der Waals surface area contributed by atoms with E-state index in [2.05, 4.69) is 25.3 Å². The molecule has 0 saturated carbocycles. The highest BCUT2D eigenvalue weighted by Crippen LogP contribution is 2.20. The maximum atomic E-state index is 12.7. The van der Waals surface area contributed by atoms with Crippen LogP contribution in [-0.2, 0) is 10.0 Å². The van der Waals surface area contributed by atoms with Crippen LogP contribution in [0.4, 0.5) is 5.82 Å².